The van der Waals surface area contributed by atoms with Gasteiger partial charge in [0.25, 0.3) is 5.91 Å². The molecule has 0 aliphatic heterocycles. The molecule has 4 aromatic rings. The molecule has 0 fully saturated rings. The number of halogens is 1. The molecule has 0 spiro atoms. The fourth-order valence-corrected chi connectivity index (χ4v) is 4.81. The zero-order valence-corrected chi connectivity index (χ0v) is 23.1. The van der Waals surface area contributed by atoms with Gasteiger partial charge < -0.3 is 19.2 Å². The zero-order valence-electron chi connectivity index (χ0n) is 21.5. The molecule has 0 radical (unpaired) electrons. The highest BCUT2D eigenvalue weighted by molar-refractivity contribution is 7.15. The Labute approximate surface area is 239 Å². The molecular weight excluding hydrogens is 552 g/mol. The number of benzene rings is 2. The fourth-order valence-electron chi connectivity index (χ4n) is 3.73. The van der Waals surface area contributed by atoms with E-state index in [4.69, 9.17) is 25.5 Å². The second kappa shape index (κ2) is 12.9. The minimum absolute atomic E-state index is 0.151. The van der Waals surface area contributed by atoms with E-state index < -0.39 is 17.8 Å². The van der Waals surface area contributed by atoms with Crippen molar-refractivity contribution in [3.8, 4) is 28.5 Å². The Hall–Kier alpha value is -4.65. The average Bonchev–Trinajstić information content (AvgIpc) is 3.60. The van der Waals surface area contributed by atoms with Gasteiger partial charge >= 0.3 is 11.9 Å². The fraction of sp³-hybridized carbons (Fsp3) is 0.133. The number of nitrogens with zero attached hydrogens (tertiary/aromatic N) is 1. The Balaban J connectivity index is 1.56. The maximum absolute atomic E-state index is 13.1. The van der Waals surface area contributed by atoms with Gasteiger partial charge in [-0.2, -0.15) is 5.26 Å². The quantitative estimate of drug-likeness (QED) is 0.127. The van der Waals surface area contributed by atoms with E-state index >= 15 is 0 Å². The van der Waals surface area contributed by atoms with Crippen LogP contribution in [0.2, 0.25) is 5.02 Å². The van der Waals surface area contributed by atoms with Crippen LogP contribution in [0.4, 0.5) is 5.00 Å². The number of amides is 1. The van der Waals surface area contributed by atoms with Gasteiger partial charge in [0.2, 0.25) is 0 Å². The highest BCUT2D eigenvalue weighted by atomic mass is 35.5. The van der Waals surface area contributed by atoms with E-state index in [1.165, 1.54) is 6.08 Å². The van der Waals surface area contributed by atoms with Crippen LogP contribution in [-0.4, -0.2) is 31.1 Å². The Morgan fingerprint density at radius 3 is 2.25 bits per heavy atom. The van der Waals surface area contributed by atoms with Crippen molar-refractivity contribution in [3.63, 3.8) is 0 Å². The van der Waals surface area contributed by atoms with Crippen molar-refractivity contribution in [2.24, 2.45) is 0 Å². The van der Waals surface area contributed by atoms with Gasteiger partial charge in [0.15, 0.2) is 0 Å². The van der Waals surface area contributed by atoms with Crippen molar-refractivity contribution in [2.45, 2.75) is 13.8 Å². The summed E-state index contributed by atoms with van der Waals surface area (Å²) in [6.07, 6.45) is 1.31. The molecule has 10 heteroatoms. The Morgan fingerprint density at radius 1 is 0.950 bits per heavy atom. The van der Waals surface area contributed by atoms with Crippen LogP contribution < -0.4 is 5.32 Å². The first-order valence-corrected chi connectivity index (χ1v) is 13.4. The van der Waals surface area contributed by atoms with Crippen molar-refractivity contribution >= 4 is 51.9 Å². The molecular formula is C30H23ClN2O6S. The van der Waals surface area contributed by atoms with Crippen molar-refractivity contribution in [1.29, 1.82) is 5.26 Å². The lowest BCUT2D eigenvalue weighted by molar-refractivity contribution is -0.112. The van der Waals surface area contributed by atoms with Crippen molar-refractivity contribution in [1.82, 2.24) is 0 Å². The standard InChI is InChI=1S/C30H23ClN2O6S/c1-3-37-29(35)20-7-5-19(6-8-20)25-14-13-23(39-25)15-21(16-32)27(34)33-28-26(30(36)38-4-2)24(17-40-28)18-9-11-22(31)12-10-18/h5-15,17H,3-4H2,1-2H3,(H,33,34)/b21-15-. The molecule has 202 valence electrons. The lowest BCUT2D eigenvalue weighted by Crippen LogP contribution is -2.16. The van der Waals surface area contributed by atoms with E-state index in [2.05, 4.69) is 5.32 Å². The van der Waals surface area contributed by atoms with Crippen LogP contribution in [0.25, 0.3) is 28.5 Å². The summed E-state index contributed by atoms with van der Waals surface area (Å²) >= 11 is 7.14. The summed E-state index contributed by atoms with van der Waals surface area (Å²) in [6.45, 7) is 3.85. The average molecular weight is 575 g/mol. The molecule has 0 bridgehead atoms. The summed E-state index contributed by atoms with van der Waals surface area (Å²) in [4.78, 5) is 37.7. The summed E-state index contributed by atoms with van der Waals surface area (Å²) < 4.78 is 16.0. The number of esters is 2. The number of carbonyl (C=O) groups is 3. The predicted molar refractivity (Wildman–Crippen MR) is 153 cm³/mol. The SMILES string of the molecule is CCOC(=O)c1ccc(-c2ccc(/C=C(/C#N)C(=O)Nc3scc(-c4ccc(Cl)cc4)c3C(=O)OCC)o2)cc1. The summed E-state index contributed by atoms with van der Waals surface area (Å²) in [6, 6.07) is 18.8. The molecule has 2 heterocycles. The van der Waals surface area contributed by atoms with Crippen molar-refractivity contribution < 1.29 is 28.3 Å². The molecule has 0 aliphatic carbocycles. The molecule has 2 aromatic heterocycles. The molecule has 0 unspecified atom stereocenters. The Bertz CT molecular complexity index is 1610. The van der Waals surface area contributed by atoms with Gasteiger partial charge in [-0.15, -0.1) is 11.3 Å². The van der Waals surface area contributed by atoms with E-state index in [1.54, 1.807) is 79.9 Å². The summed E-state index contributed by atoms with van der Waals surface area (Å²) in [5, 5.41) is 14.9. The van der Waals surface area contributed by atoms with E-state index in [0.717, 1.165) is 16.9 Å². The van der Waals surface area contributed by atoms with E-state index in [9.17, 15) is 19.6 Å². The molecule has 0 saturated carbocycles. The molecule has 1 amide bonds. The van der Waals surface area contributed by atoms with E-state index in [-0.39, 0.29) is 35.1 Å². The summed E-state index contributed by atoms with van der Waals surface area (Å²) in [5.41, 5.74) is 2.36. The third-order valence-electron chi connectivity index (χ3n) is 5.61. The van der Waals surface area contributed by atoms with Crippen LogP contribution in [-0.2, 0) is 14.3 Å². The van der Waals surface area contributed by atoms with Crippen LogP contribution in [0.5, 0.6) is 0 Å². The number of nitriles is 1. The Morgan fingerprint density at radius 2 is 1.60 bits per heavy atom. The topological polar surface area (TPSA) is 119 Å². The second-order valence-corrected chi connectivity index (χ2v) is 9.52. The van der Waals surface area contributed by atoms with Gasteiger partial charge in [0.05, 0.1) is 18.8 Å². The van der Waals surface area contributed by atoms with Crippen LogP contribution in [0, 0.1) is 11.3 Å². The first-order chi connectivity index (χ1) is 19.3. The number of rotatable bonds is 9. The number of ether oxygens (including phenoxy) is 2. The van der Waals surface area contributed by atoms with Crippen LogP contribution in [0.1, 0.15) is 40.3 Å². The van der Waals surface area contributed by atoms with E-state index in [1.807, 2.05) is 6.07 Å². The van der Waals surface area contributed by atoms with Crippen molar-refractivity contribution in [3.05, 3.63) is 93.5 Å². The summed E-state index contributed by atoms with van der Waals surface area (Å²) in [5.74, 6) is -0.978. The zero-order chi connectivity index (χ0) is 28.6. The lowest BCUT2D eigenvalue weighted by Gasteiger charge is -2.08. The largest absolute Gasteiger partial charge is 0.462 e. The van der Waals surface area contributed by atoms with Crippen molar-refractivity contribution in [2.75, 3.05) is 18.5 Å². The Kier molecular flexibility index (Phi) is 9.17. The molecule has 0 atom stereocenters. The molecule has 0 saturated heterocycles. The number of hydrogen-bond donors (Lipinski definition) is 1. The summed E-state index contributed by atoms with van der Waals surface area (Å²) in [7, 11) is 0. The molecule has 8 nitrogen and oxygen atoms in total. The van der Waals surface area contributed by atoms with Gasteiger partial charge in [0, 0.05) is 27.6 Å². The number of thiophene rings is 1. The van der Waals surface area contributed by atoms with Gasteiger partial charge in [-0.25, -0.2) is 9.59 Å². The number of hydrogen-bond acceptors (Lipinski definition) is 8. The number of furan rings is 1. The maximum atomic E-state index is 13.1. The van der Waals surface area contributed by atoms with E-state index in [0.29, 0.717) is 27.5 Å². The van der Waals surface area contributed by atoms with Crippen LogP contribution >= 0.6 is 22.9 Å². The van der Waals surface area contributed by atoms with Gasteiger partial charge in [-0.1, -0.05) is 35.9 Å². The van der Waals surface area contributed by atoms with Gasteiger partial charge in [-0.05, 0) is 55.8 Å². The molecule has 4 rings (SSSR count). The first kappa shape index (κ1) is 28.4. The third kappa shape index (κ3) is 6.49. The highest BCUT2D eigenvalue weighted by Gasteiger charge is 2.24. The minimum atomic E-state index is -0.714. The minimum Gasteiger partial charge on any atom is -0.462 e. The smallest absolute Gasteiger partial charge is 0.341 e. The normalized spacial score (nSPS) is 11.0. The second-order valence-electron chi connectivity index (χ2n) is 8.20. The third-order valence-corrected chi connectivity index (χ3v) is 6.76. The van der Waals surface area contributed by atoms with Crippen LogP contribution in [0.3, 0.4) is 0 Å². The highest BCUT2D eigenvalue weighted by Crippen LogP contribution is 2.37. The molecule has 2 aromatic carbocycles. The number of nitrogens with one attached hydrogen (secondary N) is 1. The molecule has 1 N–H and O–H groups in total. The lowest BCUT2D eigenvalue weighted by atomic mass is 10.0. The molecule has 40 heavy (non-hydrogen) atoms. The van der Waals surface area contributed by atoms with Crippen LogP contribution in [0.15, 0.2) is 76.0 Å². The molecule has 0 aliphatic rings. The number of carbonyl (C=O) groups excluding carboxylic acids is 3. The predicted octanol–water partition coefficient (Wildman–Crippen LogP) is 7.23. The van der Waals surface area contributed by atoms with Gasteiger partial charge in [0.1, 0.15) is 33.7 Å². The maximum Gasteiger partial charge on any atom is 0.341 e. The first-order valence-electron chi connectivity index (χ1n) is 12.2. The monoisotopic (exact) mass is 574 g/mol. The van der Waals surface area contributed by atoms with Gasteiger partial charge in [-0.3, -0.25) is 4.79 Å². The number of anilines is 1.